The number of carbonyl (C=O) groups excluding carboxylic acids is 1. The van der Waals surface area contributed by atoms with Gasteiger partial charge < -0.3 is 14.5 Å². The number of likely N-dealkylation sites (tertiary alicyclic amines) is 1. The van der Waals surface area contributed by atoms with Gasteiger partial charge in [-0.3, -0.25) is 9.59 Å². The molecule has 3 rings (SSSR count). The molecule has 9 nitrogen and oxygen atoms in total. The van der Waals surface area contributed by atoms with Crippen LogP contribution in [0.5, 0.6) is 0 Å². The molecule has 0 aliphatic carbocycles. The average Bonchev–Trinajstić information content (AvgIpc) is 3.17. The fraction of sp³-hybridized carbons (Fsp3) is 0.706. The second-order valence-electron chi connectivity index (χ2n) is 7.50. The van der Waals surface area contributed by atoms with Crippen molar-refractivity contribution in [2.75, 3.05) is 26.2 Å². The Hall–Kier alpha value is -1.94. The highest BCUT2D eigenvalue weighted by atomic mass is 32.2. The van der Waals surface area contributed by atoms with Crippen LogP contribution in [0.3, 0.4) is 0 Å². The highest BCUT2D eigenvalue weighted by molar-refractivity contribution is 7.89. The van der Waals surface area contributed by atoms with E-state index in [0.29, 0.717) is 25.1 Å². The first kappa shape index (κ1) is 19.8. The van der Waals surface area contributed by atoms with Crippen LogP contribution in [0.4, 0.5) is 0 Å². The summed E-state index contributed by atoms with van der Waals surface area (Å²) in [5.41, 5.74) is 0.330. The van der Waals surface area contributed by atoms with Crippen LogP contribution < -0.4 is 0 Å². The molecule has 2 saturated heterocycles. The molecule has 2 fully saturated rings. The maximum atomic E-state index is 12.8. The zero-order valence-corrected chi connectivity index (χ0v) is 16.5. The summed E-state index contributed by atoms with van der Waals surface area (Å²) in [5, 5.41) is 12.9. The van der Waals surface area contributed by atoms with E-state index in [9.17, 15) is 23.1 Å². The molecule has 2 atom stereocenters. The van der Waals surface area contributed by atoms with Crippen LogP contribution in [0.1, 0.15) is 31.2 Å². The highest BCUT2D eigenvalue weighted by Crippen LogP contribution is 2.30. The molecular weight excluding hydrogens is 374 g/mol. The molecule has 1 aromatic rings. The maximum Gasteiger partial charge on any atom is 0.308 e. The Labute approximate surface area is 158 Å². The molecule has 0 bridgehead atoms. The van der Waals surface area contributed by atoms with E-state index in [2.05, 4.69) is 5.16 Å². The van der Waals surface area contributed by atoms with Crippen molar-refractivity contribution < 1.29 is 27.6 Å². The summed E-state index contributed by atoms with van der Waals surface area (Å²) < 4.78 is 32.0. The number of nitrogens with zero attached hydrogens (tertiary/aromatic N) is 3. The van der Waals surface area contributed by atoms with Gasteiger partial charge >= 0.3 is 5.97 Å². The van der Waals surface area contributed by atoms with E-state index in [-0.39, 0.29) is 48.0 Å². The van der Waals surface area contributed by atoms with Crippen molar-refractivity contribution in [1.82, 2.24) is 14.4 Å². The summed E-state index contributed by atoms with van der Waals surface area (Å²) in [6, 6.07) is 0. The normalized spacial score (nSPS) is 25.1. The molecule has 1 aromatic heterocycles. The van der Waals surface area contributed by atoms with Gasteiger partial charge in [0.1, 0.15) is 10.6 Å². The summed E-state index contributed by atoms with van der Waals surface area (Å²) in [4.78, 5) is 25.7. The number of sulfonamides is 1. The molecule has 10 heteroatoms. The third-order valence-electron chi connectivity index (χ3n) is 5.61. The lowest BCUT2D eigenvalue weighted by atomic mass is 9.96. The first-order valence-electron chi connectivity index (χ1n) is 9.07. The smallest absolute Gasteiger partial charge is 0.308 e. The van der Waals surface area contributed by atoms with Gasteiger partial charge in [0.05, 0.1) is 5.92 Å². The predicted molar refractivity (Wildman–Crippen MR) is 94.3 cm³/mol. The van der Waals surface area contributed by atoms with Crippen molar-refractivity contribution in [3.8, 4) is 0 Å². The van der Waals surface area contributed by atoms with Crippen LogP contribution in [-0.4, -0.2) is 65.9 Å². The number of amides is 1. The number of aryl methyl sites for hydroxylation is 2. The average molecular weight is 399 g/mol. The minimum absolute atomic E-state index is 0.0695. The van der Waals surface area contributed by atoms with E-state index < -0.39 is 21.9 Å². The Morgan fingerprint density at radius 3 is 2.30 bits per heavy atom. The van der Waals surface area contributed by atoms with Crippen molar-refractivity contribution in [3.63, 3.8) is 0 Å². The van der Waals surface area contributed by atoms with Crippen molar-refractivity contribution in [2.24, 2.45) is 17.8 Å². The molecule has 3 heterocycles. The van der Waals surface area contributed by atoms with Crippen molar-refractivity contribution in [3.05, 3.63) is 11.5 Å². The Bertz CT molecular complexity index is 821. The fourth-order valence-corrected chi connectivity index (χ4v) is 5.80. The Kier molecular flexibility index (Phi) is 5.31. The number of carboxylic acid groups (broad SMARTS) is 1. The van der Waals surface area contributed by atoms with Crippen molar-refractivity contribution in [2.45, 2.75) is 38.5 Å². The third-order valence-corrected chi connectivity index (χ3v) is 7.75. The maximum absolute atomic E-state index is 12.8. The molecule has 0 aromatic carbocycles. The molecule has 0 unspecified atom stereocenters. The van der Waals surface area contributed by atoms with Crippen molar-refractivity contribution in [1.29, 1.82) is 0 Å². The predicted octanol–water partition coefficient (Wildman–Crippen LogP) is 0.871. The number of carbonyl (C=O) groups is 2. The molecule has 0 saturated carbocycles. The SMILES string of the molecule is Cc1noc(C)c1S(=O)(=O)N1CCC(C(=O)N2C[C@@H](C)[C@H](C(=O)O)C2)CC1. The van der Waals surface area contributed by atoms with E-state index in [1.807, 2.05) is 6.92 Å². The number of carboxylic acids is 1. The topological polar surface area (TPSA) is 121 Å². The van der Waals surface area contributed by atoms with Gasteiger partial charge in [-0.05, 0) is 32.6 Å². The number of aliphatic carboxylic acids is 1. The molecule has 2 aliphatic heterocycles. The number of aromatic nitrogens is 1. The summed E-state index contributed by atoms with van der Waals surface area (Å²) in [6.45, 7) is 6.15. The lowest BCUT2D eigenvalue weighted by Gasteiger charge is -2.32. The van der Waals surface area contributed by atoms with Crippen LogP contribution in [0.25, 0.3) is 0 Å². The molecule has 27 heavy (non-hydrogen) atoms. The van der Waals surface area contributed by atoms with E-state index in [0.717, 1.165) is 0 Å². The molecule has 0 radical (unpaired) electrons. The molecule has 1 amide bonds. The van der Waals surface area contributed by atoms with Gasteiger partial charge in [0, 0.05) is 32.1 Å². The van der Waals surface area contributed by atoms with Gasteiger partial charge in [-0.2, -0.15) is 4.31 Å². The van der Waals surface area contributed by atoms with Gasteiger partial charge in [0.15, 0.2) is 5.76 Å². The Morgan fingerprint density at radius 1 is 1.19 bits per heavy atom. The molecular formula is C17H25N3O6S. The van der Waals surface area contributed by atoms with Gasteiger partial charge in [0.25, 0.3) is 0 Å². The molecule has 2 aliphatic rings. The molecule has 150 valence electrons. The lowest BCUT2D eigenvalue weighted by Crippen LogP contribution is -2.44. The highest BCUT2D eigenvalue weighted by Gasteiger charge is 2.41. The Balaban J connectivity index is 1.64. The van der Waals surface area contributed by atoms with Crippen LogP contribution in [0.2, 0.25) is 0 Å². The zero-order chi connectivity index (χ0) is 19.9. The quantitative estimate of drug-likeness (QED) is 0.797. The number of hydrogen-bond acceptors (Lipinski definition) is 6. The van der Waals surface area contributed by atoms with E-state index in [1.165, 1.54) is 4.31 Å². The number of piperidine rings is 1. The van der Waals surface area contributed by atoms with Gasteiger partial charge in [-0.15, -0.1) is 0 Å². The second kappa shape index (κ2) is 7.23. The van der Waals surface area contributed by atoms with Gasteiger partial charge in [0.2, 0.25) is 15.9 Å². The van der Waals surface area contributed by atoms with Gasteiger partial charge in [-0.1, -0.05) is 12.1 Å². The van der Waals surface area contributed by atoms with Gasteiger partial charge in [-0.25, -0.2) is 8.42 Å². The van der Waals surface area contributed by atoms with Crippen molar-refractivity contribution >= 4 is 21.9 Å². The number of hydrogen-bond donors (Lipinski definition) is 1. The largest absolute Gasteiger partial charge is 0.481 e. The first-order valence-corrected chi connectivity index (χ1v) is 10.5. The van der Waals surface area contributed by atoms with E-state index in [1.54, 1.807) is 18.7 Å². The number of rotatable bonds is 4. The van der Waals surface area contributed by atoms with Crippen LogP contribution >= 0.6 is 0 Å². The first-order chi connectivity index (χ1) is 12.6. The zero-order valence-electron chi connectivity index (χ0n) is 15.7. The minimum Gasteiger partial charge on any atom is -0.481 e. The third kappa shape index (κ3) is 3.60. The summed E-state index contributed by atoms with van der Waals surface area (Å²) in [7, 11) is -3.70. The van der Waals surface area contributed by atoms with Crippen LogP contribution in [-0.2, 0) is 19.6 Å². The van der Waals surface area contributed by atoms with E-state index >= 15 is 0 Å². The van der Waals surface area contributed by atoms with Crippen LogP contribution in [0.15, 0.2) is 9.42 Å². The van der Waals surface area contributed by atoms with E-state index in [4.69, 9.17) is 4.52 Å². The summed E-state index contributed by atoms with van der Waals surface area (Å²) >= 11 is 0. The minimum atomic E-state index is -3.70. The van der Waals surface area contributed by atoms with Crippen LogP contribution in [0, 0.1) is 31.6 Å². The fourth-order valence-electron chi connectivity index (χ4n) is 4.04. The lowest BCUT2D eigenvalue weighted by molar-refractivity contribution is -0.142. The summed E-state index contributed by atoms with van der Waals surface area (Å²) in [6.07, 6.45) is 0.841. The second-order valence-corrected chi connectivity index (χ2v) is 9.37. The molecule has 0 spiro atoms. The Morgan fingerprint density at radius 2 is 1.81 bits per heavy atom. The standard InChI is InChI=1S/C17H25N3O6S/c1-10-8-19(9-14(10)17(22)23)16(21)13-4-6-20(7-5-13)27(24,25)15-11(2)18-26-12(15)3/h10,13-14H,4-9H2,1-3H3,(H,22,23)/t10-,14-/m1/s1. The monoisotopic (exact) mass is 399 g/mol. The summed E-state index contributed by atoms with van der Waals surface area (Å²) in [5.74, 6) is -1.57. The molecule has 1 N–H and O–H groups in total.